The maximum absolute atomic E-state index is 11.8. The fourth-order valence-corrected chi connectivity index (χ4v) is 2.03. The lowest BCUT2D eigenvalue weighted by atomic mass is 9.82. The fourth-order valence-electron chi connectivity index (χ4n) is 2.03. The molecule has 0 atom stereocenters. The van der Waals surface area contributed by atoms with Crippen LogP contribution in [0.5, 0.6) is 0 Å². The van der Waals surface area contributed by atoms with Crippen LogP contribution in [0.25, 0.3) is 5.57 Å². The number of rotatable bonds is 0. The molecule has 2 rings (SSSR count). The smallest absolute Gasteiger partial charge is 0.234 e. The summed E-state index contributed by atoms with van der Waals surface area (Å²) in [5.74, 6) is -0.816. The molecule has 0 heterocycles. The summed E-state index contributed by atoms with van der Waals surface area (Å²) in [6.07, 6.45) is 3.57. The van der Waals surface area contributed by atoms with Gasteiger partial charge in [0.05, 0.1) is 0 Å². The second kappa shape index (κ2) is 3.89. The van der Waals surface area contributed by atoms with Gasteiger partial charge in [0.2, 0.25) is 11.6 Å². The highest BCUT2D eigenvalue weighted by atomic mass is 16.2. The molecule has 0 unspecified atom stereocenters. The highest BCUT2D eigenvalue weighted by Crippen LogP contribution is 2.32. The van der Waals surface area contributed by atoms with Gasteiger partial charge in [-0.15, -0.1) is 0 Å². The molecule has 0 N–H and O–H groups in total. The van der Waals surface area contributed by atoms with E-state index in [0.29, 0.717) is 11.1 Å². The van der Waals surface area contributed by atoms with E-state index < -0.39 is 11.6 Å². The molecule has 1 aliphatic rings. The number of benzene rings is 1. The molecule has 1 aromatic rings. The molecule has 16 heavy (non-hydrogen) atoms. The lowest BCUT2D eigenvalue weighted by molar-refractivity contribution is -0.111. The molecule has 0 radical (unpaired) electrons. The summed E-state index contributed by atoms with van der Waals surface area (Å²) in [7, 11) is 0. The Balaban J connectivity index is 2.78. The van der Waals surface area contributed by atoms with Gasteiger partial charge >= 0.3 is 0 Å². The van der Waals surface area contributed by atoms with E-state index in [4.69, 9.17) is 0 Å². The lowest BCUT2D eigenvalue weighted by Crippen LogP contribution is -2.24. The van der Waals surface area contributed by atoms with Crippen molar-refractivity contribution in [2.75, 3.05) is 0 Å². The largest absolute Gasteiger partial charge is 0.285 e. The quantitative estimate of drug-likeness (QED) is 0.489. The van der Waals surface area contributed by atoms with Crippen LogP contribution in [0.3, 0.4) is 0 Å². The minimum Gasteiger partial charge on any atom is -0.285 e. The van der Waals surface area contributed by atoms with Gasteiger partial charge in [0.25, 0.3) is 0 Å². The van der Waals surface area contributed by atoms with Gasteiger partial charge in [-0.3, -0.25) is 9.59 Å². The molecule has 0 aromatic heterocycles. The molecule has 0 spiro atoms. The summed E-state index contributed by atoms with van der Waals surface area (Å²) in [5, 5.41) is 0. The van der Waals surface area contributed by atoms with E-state index >= 15 is 0 Å². The molecular weight excluding hydrogens is 200 g/mol. The zero-order valence-electron chi connectivity index (χ0n) is 9.28. The van der Waals surface area contributed by atoms with Crippen molar-refractivity contribution in [2.45, 2.75) is 13.8 Å². The van der Waals surface area contributed by atoms with Crippen molar-refractivity contribution < 1.29 is 9.59 Å². The fraction of sp³-hybridized carbons (Fsp3) is 0.143. The van der Waals surface area contributed by atoms with Crippen LogP contribution in [-0.2, 0) is 4.79 Å². The van der Waals surface area contributed by atoms with Gasteiger partial charge in [0.15, 0.2) is 0 Å². The maximum atomic E-state index is 11.8. The average molecular weight is 212 g/mol. The standard InChI is InChI=1S/C14H12O2/c1-3-9-10(4-2)13(15)14(16)12-8-6-5-7-11(9)12/h3-8H,1-2H3/b9-3+,10-4+. The van der Waals surface area contributed by atoms with Crippen LogP contribution in [0.2, 0.25) is 0 Å². The van der Waals surface area contributed by atoms with Gasteiger partial charge < -0.3 is 0 Å². The Hall–Kier alpha value is -1.96. The Morgan fingerprint density at radius 3 is 1.94 bits per heavy atom. The van der Waals surface area contributed by atoms with Crippen LogP contribution in [0.4, 0.5) is 0 Å². The van der Waals surface area contributed by atoms with E-state index in [2.05, 4.69) is 0 Å². The predicted octanol–water partition coefficient (Wildman–Crippen LogP) is 2.80. The molecule has 0 saturated carbocycles. The van der Waals surface area contributed by atoms with E-state index in [1.807, 2.05) is 25.1 Å². The second-order valence-electron chi connectivity index (χ2n) is 3.61. The van der Waals surface area contributed by atoms with Gasteiger partial charge in [-0.2, -0.15) is 0 Å². The molecule has 0 saturated heterocycles. The first-order valence-electron chi connectivity index (χ1n) is 5.22. The van der Waals surface area contributed by atoms with Crippen LogP contribution < -0.4 is 0 Å². The van der Waals surface area contributed by atoms with Crippen molar-refractivity contribution in [2.24, 2.45) is 0 Å². The van der Waals surface area contributed by atoms with Crippen LogP contribution >= 0.6 is 0 Å². The van der Waals surface area contributed by atoms with Crippen molar-refractivity contribution in [3.63, 3.8) is 0 Å². The minimum absolute atomic E-state index is 0.408. The normalized spacial score (nSPS) is 20.4. The maximum Gasteiger partial charge on any atom is 0.234 e. The van der Waals surface area contributed by atoms with Crippen LogP contribution in [0.1, 0.15) is 29.8 Å². The van der Waals surface area contributed by atoms with Crippen LogP contribution in [-0.4, -0.2) is 11.6 Å². The Labute approximate surface area is 94.3 Å². The first kappa shape index (κ1) is 10.6. The molecule has 2 nitrogen and oxygen atoms in total. The summed E-state index contributed by atoms with van der Waals surface area (Å²) in [6, 6.07) is 7.22. The van der Waals surface area contributed by atoms with E-state index in [1.54, 1.807) is 25.1 Å². The SMILES string of the molecule is C/C=C1\C(=C/C)C(=O)C(=O)c2ccccc21. The number of carbonyl (C=O) groups is 2. The summed E-state index contributed by atoms with van der Waals surface area (Å²) >= 11 is 0. The minimum atomic E-state index is -0.408. The Kier molecular flexibility index (Phi) is 2.57. The van der Waals surface area contributed by atoms with E-state index in [9.17, 15) is 9.59 Å². The van der Waals surface area contributed by atoms with Crippen molar-refractivity contribution in [1.29, 1.82) is 0 Å². The Morgan fingerprint density at radius 2 is 1.38 bits per heavy atom. The van der Waals surface area contributed by atoms with Crippen molar-refractivity contribution in [1.82, 2.24) is 0 Å². The molecule has 0 bridgehead atoms. The summed E-state index contributed by atoms with van der Waals surface area (Å²) < 4.78 is 0. The molecule has 80 valence electrons. The third-order valence-electron chi connectivity index (χ3n) is 2.78. The van der Waals surface area contributed by atoms with Crippen LogP contribution in [0, 0.1) is 0 Å². The zero-order chi connectivity index (χ0) is 11.7. The highest BCUT2D eigenvalue weighted by Gasteiger charge is 2.31. The van der Waals surface area contributed by atoms with E-state index in [-0.39, 0.29) is 0 Å². The monoisotopic (exact) mass is 212 g/mol. The third kappa shape index (κ3) is 1.34. The topological polar surface area (TPSA) is 34.1 Å². The number of hydrogen-bond acceptors (Lipinski definition) is 2. The van der Waals surface area contributed by atoms with E-state index in [0.717, 1.165) is 11.1 Å². The Bertz CT molecular complexity index is 533. The molecule has 0 aliphatic heterocycles. The van der Waals surface area contributed by atoms with Crippen molar-refractivity contribution in [3.8, 4) is 0 Å². The lowest BCUT2D eigenvalue weighted by Gasteiger charge is -2.19. The summed E-state index contributed by atoms with van der Waals surface area (Å²) in [5.41, 5.74) is 2.71. The first-order chi connectivity index (χ1) is 7.70. The van der Waals surface area contributed by atoms with Gasteiger partial charge in [0.1, 0.15) is 0 Å². The zero-order valence-corrected chi connectivity index (χ0v) is 9.28. The first-order valence-corrected chi connectivity index (χ1v) is 5.22. The molecule has 0 fully saturated rings. The van der Waals surface area contributed by atoms with Gasteiger partial charge in [-0.25, -0.2) is 0 Å². The number of fused-ring (bicyclic) bond motifs is 1. The van der Waals surface area contributed by atoms with Crippen molar-refractivity contribution in [3.05, 3.63) is 53.1 Å². The van der Waals surface area contributed by atoms with Gasteiger partial charge in [-0.1, -0.05) is 36.4 Å². The average Bonchev–Trinajstić information content (AvgIpc) is 2.33. The molecule has 2 heteroatoms. The molecular formula is C14H12O2. The second-order valence-corrected chi connectivity index (χ2v) is 3.61. The number of carbonyl (C=O) groups excluding carboxylic acids is 2. The van der Waals surface area contributed by atoms with Gasteiger partial charge in [0, 0.05) is 11.1 Å². The molecule has 1 aromatic carbocycles. The third-order valence-corrected chi connectivity index (χ3v) is 2.78. The number of hydrogen-bond donors (Lipinski definition) is 0. The Morgan fingerprint density at radius 1 is 0.812 bits per heavy atom. The molecule has 0 amide bonds. The number of ketones is 2. The van der Waals surface area contributed by atoms with Crippen LogP contribution in [0.15, 0.2) is 42.0 Å². The van der Waals surface area contributed by atoms with E-state index in [1.165, 1.54) is 0 Å². The van der Waals surface area contributed by atoms with Gasteiger partial charge in [-0.05, 0) is 25.0 Å². The predicted molar refractivity (Wildman–Crippen MR) is 63.2 cm³/mol. The van der Waals surface area contributed by atoms with Crippen molar-refractivity contribution >= 4 is 17.1 Å². The summed E-state index contributed by atoms with van der Waals surface area (Å²) in [4.78, 5) is 23.7. The summed E-state index contributed by atoms with van der Waals surface area (Å²) in [6.45, 7) is 3.65. The number of allylic oxidation sites excluding steroid dienone is 4. The number of Topliss-reactive ketones (excluding diaryl/α,β-unsaturated/α-hetero) is 2. The molecule has 1 aliphatic carbocycles. The highest BCUT2D eigenvalue weighted by molar-refractivity contribution is 6.54.